The molecule has 3 heteroatoms. The molecule has 2 nitrogen and oxygen atoms in total. The first-order valence-electron chi connectivity index (χ1n) is 4.86. The molecule has 0 saturated carbocycles. The molecule has 0 amide bonds. The van der Waals surface area contributed by atoms with Crippen LogP contribution in [-0.2, 0) is 4.79 Å². The summed E-state index contributed by atoms with van der Waals surface area (Å²) in [5, 5.41) is 9.58. The third-order valence-electron chi connectivity index (χ3n) is 1.75. The summed E-state index contributed by atoms with van der Waals surface area (Å²) in [7, 11) is 0. The maximum atomic E-state index is 11.7. The first-order valence-corrected chi connectivity index (χ1v) is 5.68. The Morgan fingerprint density at radius 1 is 1.27 bits per heavy atom. The van der Waals surface area contributed by atoms with Crippen LogP contribution >= 0.6 is 11.8 Å². The van der Waals surface area contributed by atoms with Gasteiger partial charge < -0.3 is 5.11 Å². The second-order valence-electron chi connectivity index (χ2n) is 4.35. The van der Waals surface area contributed by atoms with Crippen molar-refractivity contribution in [2.45, 2.75) is 31.6 Å². The number of hydrogen-bond donors (Lipinski definition) is 1. The van der Waals surface area contributed by atoms with Crippen LogP contribution in [-0.4, -0.2) is 15.0 Å². The SMILES string of the molecule is CC(C)(C)SC(=O)C(O)c1ccccc1. The van der Waals surface area contributed by atoms with Gasteiger partial charge in [0, 0.05) is 4.75 Å². The molecule has 0 aromatic heterocycles. The van der Waals surface area contributed by atoms with Crippen molar-refractivity contribution in [1.82, 2.24) is 0 Å². The van der Waals surface area contributed by atoms with E-state index >= 15 is 0 Å². The molecular weight excluding hydrogens is 208 g/mol. The number of rotatable bonds is 2. The average Bonchev–Trinajstić information content (AvgIpc) is 2.15. The predicted octanol–water partition coefficient (Wildman–Crippen LogP) is 2.78. The van der Waals surface area contributed by atoms with Gasteiger partial charge in [-0.2, -0.15) is 0 Å². The second-order valence-corrected chi connectivity index (χ2v) is 6.18. The van der Waals surface area contributed by atoms with E-state index in [4.69, 9.17) is 0 Å². The Balaban J connectivity index is 2.70. The Kier molecular flexibility index (Phi) is 3.94. The van der Waals surface area contributed by atoms with Crippen LogP contribution < -0.4 is 0 Å². The highest BCUT2D eigenvalue weighted by Gasteiger charge is 2.23. The lowest BCUT2D eigenvalue weighted by Crippen LogP contribution is -2.17. The number of hydrogen-bond acceptors (Lipinski definition) is 3. The van der Waals surface area contributed by atoms with Gasteiger partial charge in [0.15, 0.2) is 0 Å². The van der Waals surface area contributed by atoms with Crippen molar-refractivity contribution in [1.29, 1.82) is 0 Å². The third-order valence-corrected chi connectivity index (χ3v) is 2.78. The van der Waals surface area contributed by atoms with Crippen molar-refractivity contribution in [3.8, 4) is 0 Å². The fourth-order valence-electron chi connectivity index (χ4n) is 1.13. The van der Waals surface area contributed by atoms with Crippen molar-refractivity contribution in [3.63, 3.8) is 0 Å². The zero-order valence-electron chi connectivity index (χ0n) is 9.23. The van der Waals surface area contributed by atoms with Crippen molar-refractivity contribution in [3.05, 3.63) is 35.9 Å². The third kappa shape index (κ3) is 4.06. The Labute approximate surface area is 94.7 Å². The van der Waals surface area contributed by atoms with E-state index in [1.807, 2.05) is 39.0 Å². The van der Waals surface area contributed by atoms with Gasteiger partial charge in [-0.15, -0.1) is 0 Å². The maximum absolute atomic E-state index is 11.7. The van der Waals surface area contributed by atoms with E-state index in [-0.39, 0.29) is 9.86 Å². The zero-order chi connectivity index (χ0) is 11.5. The van der Waals surface area contributed by atoms with Crippen LogP contribution in [0.5, 0.6) is 0 Å². The van der Waals surface area contributed by atoms with Crippen LogP contribution in [0.2, 0.25) is 0 Å². The van der Waals surface area contributed by atoms with E-state index in [2.05, 4.69) is 0 Å². The summed E-state index contributed by atoms with van der Waals surface area (Å²) in [5.41, 5.74) is 0.652. The van der Waals surface area contributed by atoms with Crippen LogP contribution in [0.3, 0.4) is 0 Å². The van der Waals surface area contributed by atoms with Gasteiger partial charge in [-0.3, -0.25) is 4.79 Å². The van der Waals surface area contributed by atoms with Crippen LogP contribution in [0.15, 0.2) is 30.3 Å². The molecule has 0 heterocycles. The van der Waals surface area contributed by atoms with Gasteiger partial charge in [-0.1, -0.05) is 62.9 Å². The highest BCUT2D eigenvalue weighted by atomic mass is 32.2. The number of benzene rings is 1. The first kappa shape index (κ1) is 12.3. The monoisotopic (exact) mass is 224 g/mol. The molecule has 15 heavy (non-hydrogen) atoms. The molecule has 1 N–H and O–H groups in total. The Morgan fingerprint density at radius 2 is 1.80 bits per heavy atom. The van der Waals surface area contributed by atoms with Crippen LogP contribution in [0.4, 0.5) is 0 Å². The fourth-order valence-corrected chi connectivity index (χ4v) is 1.98. The molecule has 0 fully saturated rings. The number of carbonyl (C=O) groups is 1. The number of thioether (sulfide) groups is 1. The standard InChI is InChI=1S/C12H16O2S/c1-12(2,3)15-11(14)10(13)9-7-5-4-6-8-9/h4-8,10,13H,1-3H3. The lowest BCUT2D eigenvalue weighted by atomic mass is 10.1. The van der Waals surface area contributed by atoms with Crippen molar-refractivity contribution >= 4 is 16.9 Å². The smallest absolute Gasteiger partial charge is 0.222 e. The lowest BCUT2D eigenvalue weighted by molar-refractivity contribution is -0.118. The van der Waals surface area contributed by atoms with Gasteiger partial charge >= 0.3 is 0 Å². The van der Waals surface area contributed by atoms with Crippen LogP contribution in [0.1, 0.15) is 32.4 Å². The van der Waals surface area contributed by atoms with Crippen LogP contribution in [0, 0.1) is 0 Å². The Hall–Kier alpha value is -0.800. The van der Waals surface area contributed by atoms with Crippen LogP contribution in [0.25, 0.3) is 0 Å². The minimum absolute atomic E-state index is 0.160. The molecule has 1 atom stereocenters. The zero-order valence-corrected chi connectivity index (χ0v) is 10.0. The molecule has 0 aliphatic carbocycles. The van der Waals surface area contributed by atoms with Crippen molar-refractivity contribution in [2.75, 3.05) is 0 Å². The molecule has 82 valence electrons. The highest BCUT2D eigenvalue weighted by Crippen LogP contribution is 2.29. The minimum Gasteiger partial charge on any atom is -0.380 e. The molecule has 0 aliphatic heterocycles. The van der Waals surface area contributed by atoms with E-state index in [1.165, 1.54) is 11.8 Å². The van der Waals surface area contributed by atoms with E-state index in [0.717, 1.165) is 0 Å². The van der Waals surface area contributed by atoms with Gasteiger partial charge in [-0.25, -0.2) is 0 Å². The summed E-state index contributed by atoms with van der Waals surface area (Å²) in [6, 6.07) is 9.00. The van der Waals surface area contributed by atoms with E-state index in [1.54, 1.807) is 12.1 Å². The minimum atomic E-state index is -1.02. The van der Waals surface area contributed by atoms with E-state index in [9.17, 15) is 9.90 Å². The number of aliphatic hydroxyl groups is 1. The fraction of sp³-hybridized carbons (Fsp3) is 0.417. The highest BCUT2D eigenvalue weighted by molar-refractivity contribution is 8.14. The first-order chi connectivity index (χ1) is 6.90. The van der Waals surface area contributed by atoms with E-state index in [0.29, 0.717) is 5.56 Å². The van der Waals surface area contributed by atoms with Crippen molar-refractivity contribution < 1.29 is 9.90 Å². The quantitative estimate of drug-likeness (QED) is 0.839. The lowest BCUT2D eigenvalue weighted by Gasteiger charge is -2.18. The van der Waals surface area contributed by atoms with Crippen molar-refractivity contribution in [2.24, 2.45) is 0 Å². The summed E-state index contributed by atoms with van der Waals surface area (Å²) in [6.45, 7) is 5.86. The molecule has 0 bridgehead atoms. The maximum Gasteiger partial charge on any atom is 0.222 e. The number of aliphatic hydroxyl groups excluding tert-OH is 1. The molecule has 1 aromatic carbocycles. The molecule has 0 spiro atoms. The summed E-state index contributed by atoms with van der Waals surface area (Å²) in [6.07, 6.45) is -1.02. The molecule has 1 rings (SSSR count). The van der Waals surface area contributed by atoms with E-state index < -0.39 is 6.10 Å². The van der Waals surface area contributed by atoms with Gasteiger partial charge in [0.25, 0.3) is 0 Å². The average molecular weight is 224 g/mol. The largest absolute Gasteiger partial charge is 0.380 e. The predicted molar refractivity (Wildman–Crippen MR) is 63.8 cm³/mol. The molecule has 0 saturated heterocycles. The normalized spacial score (nSPS) is 13.6. The molecule has 0 aliphatic rings. The van der Waals surface area contributed by atoms with Gasteiger partial charge in [0.2, 0.25) is 5.12 Å². The summed E-state index contributed by atoms with van der Waals surface area (Å²) >= 11 is 1.17. The van der Waals surface area contributed by atoms with Gasteiger partial charge in [-0.05, 0) is 5.56 Å². The molecule has 1 unspecified atom stereocenters. The second kappa shape index (κ2) is 4.81. The summed E-state index contributed by atoms with van der Waals surface area (Å²) in [4.78, 5) is 11.7. The van der Waals surface area contributed by atoms with Gasteiger partial charge in [0.1, 0.15) is 6.10 Å². The topological polar surface area (TPSA) is 37.3 Å². The summed E-state index contributed by atoms with van der Waals surface area (Å²) in [5.74, 6) is 0. The van der Waals surface area contributed by atoms with Gasteiger partial charge in [0.05, 0.1) is 0 Å². The Morgan fingerprint density at radius 3 is 2.27 bits per heavy atom. The number of carbonyl (C=O) groups excluding carboxylic acids is 1. The molecule has 1 aromatic rings. The Bertz CT molecular complexity index is 327. The summed E-state index contributed by atoms with van der Waals surface area (Å²) < 4.78 is -0.160. The molecule has 0 radical (unpaired) electrons. The molecular formula is C12H16O2S.